The molecule has 3 nitrogen and oxygen atoms in total. The summed E-state index contributed by atoms with van der Waals surface area (Å²) in [6, 6.07) is 0.265. The molecule has 0 aliphatic rings. The van der Waals surface area contributed by atoms with Crippen molar-refractivity contribution in [3.05, 3.63) is 0 Å². The summed E-state index contributed by atoms with van der Waals surface area (Å²) in [6.07, 6.45) is 1.75. The molecule has 0 rings (SSSR count). The predicted octanol–water partition coefficient (Wildman–Crippen LogP) is 1.52. The van der Waals surface area contributed by atoms with E-state index >= 15 is 0 Å². The maximum atomic E-state index is 11.8. The molecule has 0 spiro atoms. The van der Waals surface area contributed by atoms with E-state index in [0.717, 1.165) is 12.8 Å². The Kier molecular flexibility index (Phi) is 6.54. The monoisotopic (exact) mass is 200 g/mol. The minimum Gasteiger partial charge on any atom is -0.353 e. The van der Waals surface area contributed by atoms with Crippen LogP contribution in [0.5, 0.6) is 0 Å². The Labute approximate surface area is 87.4 Å². The highest BCUT2D eigenvalue weighted by molar-refractivity contribution is 5.79. The van der Waals surface area contributed by atoms with Gasteiger partial charge in [-0.2, -0.15) is 0 Å². The van der Waals surface area contributed by atoms with Crippen LogP contribution < -0.4 is 11.1 Å². The fourth-order valence-corrected chi connectivity index (χ4v) is 1.40. The van der Waals surface area contributed by atoms with Gasteiger partial charge in [0.25, 0.3) is 0 Å². The molecule has 0 saturated carbocycles. The lowest BCUT2D eigenvalue weighted by Gasteiger charge is -2.21. The maximum Gasteiger partial charge on any atom is 0.223 e. The molecule has 0 bridgehead atoms. The van der Waals surface area contributed by atoms with E-state index in [4.69, 9.17) is 5.73 Å². The maximum absolute atomic E-state index is 11.8. The first kappa shape index (κ1) is 13.4. The number of hydrogen-bond donors (Lipinski definition) is 2. The van der Waals surface area contributed by atoms with Crippen molar-refractivity contribution >= 4 is 5.91 Å². The first-order chi connectivity index (χ1) is 6.52. The largest absolute Gasteiger partial charge is 0.353 e. The molecule has 3 N–H and O–H groups in total. The van der Waals surface area contributed by atoms with Crippen LogP contribution in [0.1, 0.15) is 40.5 Å². The van der Waals surface area contributed by atoms with Crippen molar-refractivity contribution in [1.29, 1.82) is 0 Å². The second kappa shape index (κ2) is 6.82. The van der Waals surface area contributed by atoms with Crippen LogP contribution in [-0.4, -0.2) is 18.5 Å². The highest BCUT2D eigenvalue weighted by Crippen LogP contribution is 2.14. The van der Waals surface area contributed by atoms with Crippen molar-refractivity contribution < 1.29 is 4.79 Å². The van der Waals surface area contributed by atoms with Crippen LogP contribution in [0.2, 0.25) is 0 Å². The molecule has 0 aromatic carbocycles. The van der Waals surface area contributed by atoms with Gasteiger partial charge in [0.2, 0.25) is 5.91 Å². The Bertz CT molecular complexity index is 169. The summed E-state index contributed by atoms with van der Waals surface area (Å²) < 4.78 is 0. The quantitative estimate of drug-likeness (QED) is 0.683. The Hall–Kier alpha value is -0.570. The van der Waals surface area contributed by atoms with Crippen molar-refractivity contribution in [2.45, 2.75) is 46.6 Å². The van der Waals surface area contributed by atoms with Crippen LogP contribution in [0.3, 0.4) is 0 Å². The SMILES string of the molecule is CCC(C)NC(=O)C(CCN)C(C)C. The topological polar surface area (TPSA) is 55.1 Å². The first-order valence-corrected chi connectivity index (χ1v) is 5.53. The second-order valence-electron chi connectivity index (χ2n) is 4.25. The minimum atomic E-state index is 0.0639. The lowest BCUT2D eigenvalue weighted by Crippen LogP contribution is -2.39. The number of nitrogens with two attached hydrogens (primary N) is 1. The summed E-state index contributed by atoms with van der Waals surface area (Å²) in [5.41, 5.74) is 5.49. The number of carbonyl (C=O) groups is 1. The molecule has 0 fully saturated rings. The molecule has 0 aromatic heterocycles. The molecular formula is C11H24N2O. The first-order valence-electron chi connectivity index (χ1n) is 5.53. The summed E-state index contributed by atoms with van der Waals surface area (Å²) >= 11 is 0. The number of rotatable bonds is 6. The third-order valence-electron chi connectivity index (χ3n) is 2.62. The van der Waals surface area contributed by atoms with Crippen molar-refractivity contribution in [3.63, 3.8) is 0 Å². The Morgan fingerprint density at radius 1 is 1.36 bits per heavy atom. The third kappa shape index (κ3) is 4.61. The van der Waals surface area contributed by atoms with E-state index in [1.54, 1.807) is 0 Å². The van der Waals surface area contributed by atoms with Gasteiger partial charge in [0.1, 0.15) is 0 Å². The zero-order valence-corrected chi connectivity index (χ0v) is 9.84. The van der Waals surface area contributed by atoms with Crippen LogP contribution in [0, 0.1) is 11.8 Å². The van der Waals surface area contributed by atoms with Gasteiger partial charge >= 0.3 is 0 Å². The van der Waals surface area contributed by atoms with E-state index < -0.39 is 0 Å². The predicted molar refractivity (Wildman–Crippen MR) is 59.9 cm³/mol. The van der Waals surface area contributed by atoms with Crippen LogP contribution in [-0.2, 0) is 4.79 Å². The van der Waals surface area contributed by atoms with E-state index in [0.29, 0.717) is 12.5 Å². The molecule has 0 saturated heterocycles. The zero-order chi connectivity index (χ0) is 11.1. The van der Waals surface area contributed by atoms with Gasteiger partial charge in [0.15, 0.2) is 0 Å². The highest BCUT2D eigenvalue weighted by atomic mass is 16.1. The number of nitrogens with one attached hydrogen (secondary N) is 1. The summed E-state index contributed by atoms with van der Waals surface area (Å²) in [5.74, 6) is 0.580. The van der Waals surface area contributed by atoms with E-state index in [9.17, 15) is 4.79 Å². The summed E-state index contributed by atoms with van der Waals surface area (Å²) in [7, 11) is 0. The molecule has 1 amide bonds. The summed E-state index contributed by atoms with van der Waals surface area (Å²) in [4.78, 5) is 11.8. The van der Waals surface area contributed by atoms with Crippen LogP contribution in [0.4, 0.5) is 0 Å². The normalized spacial score (nSPS) is 15.3. The Morgan fingerprint density at radius 3 is 2.29 bits per heavy atom. The zero-order valence-electron chi connectivity index (χ0n) is 9.84. The average molecular weight is 200 g/mol. The summed E-state index contributed by atoms with van der Waals surface area (Å²) in [6.45, 7) is 8.81. The fraction of sp³-hybridized carbons (Fsp3) is 0.909. The Morgan fingerprint density at radius 2 is 1.93 bits per heavy atom. The average Bonchev–Trinajstić information content (AvgIpc) is 2.13. The molecule has 0 aromatic rings. The van der Waals surface area contributed by atoms with Gasteiger partial charge in [-0.3, -0.25) is 4.79 Å². The van der Waals surface area contributed by atoms with E-state index in [1.165, 1.54) is 0 Å². The molecule has 0 radical (unpaired) electrons. The smallest absolute Gasteiger partial charge is 0.223 e. The van der Waals surface area contributed by atoms with Gasteiger partial charge in [-0.05, 0) is 32.2 Å². The Balaban J connectivity index is 4.15. The van der Waals surface area contributed by atoms with Crippen molar-refractivity contribution in [2.24, 2.45) is 17.6 Å². The van der Waals surface area contributed by atoms with Gasteiger partial charge in [0.05, 0.1) is 0 Å². The number of carbonyl (C=O) groups excluding carboxylic acids is 1. The fourth-order valence-electron chi connectivity index (χ4n) is 1.40. The molecular weight excluding hydrogens is 176 g/mol. The highest BCUT2D eigenvalue weighted by Gasteiger charge is 2.21. The molecule has 2 unspecified atom stereocenters. The molecule has 0 aliphatic heterocycles. The standard InChI is InChI=1S/C11H24N2O/c1-5-9(4)13-11(14)10(6-7-12)8(2)3/h8-10H,5-7,12H2,1-4H3,(H,13,14). The second-order valence-corrected chi connectivity index (χ2v) is 4.25. The minimum absolute atomic E-state index is 0.0639. The number of amides is 1. The van der Waals surface area contributed by atoms with Crippen LogP contribution in [0.25, 0.3) is 0 Å². The van der Waals surface area contributed by atoms with Crippen molar-refractivity contribution in [3.8, 4) is 0 Å². The lowest BCUT2D eigenvalue weighted by atomic mass is 9.91. The molecule has 0 heterocycles. The summed E-state index contributed by atoms with van der Waals surface area (Å²) in [5, 5.41) is 3.00. The lowest BCUT2D eigenvalue weighted by molar-refractivity contribution is -0.127. The van der Waals surface area contributed by atoms with Crippen molar-refractivity contribution in [2.75, 3.05) is 6.54 Å². The van der Waals surface area contributed by atoms with E-state index in [2.05, 4.69) is 26.1 Å². The van der Waals surface area contributed by atoms with Crippen LogP contribution >= 0.6 is 0 Å². The third-order valence-corrected chi connectivity index (χ3v) is 2.62. The van der Waals surface area contributed by atoms with E-state index in [-0.39, 0.29) is 17.9 Å². The molecule has 14 heavy (non-hydrogen) atoms. The molecule has 0 aliphatic carbocycles. The molecule has 84 valence electrons. The van der Waals surface area contributed by atoms with Crippen molar-refractivity contribution in [1.82, 2.24) is 5.32 Å². The van der Waals surface area contributed by atoms with Gasteiger partial charge in [-0.25, -0.2) is 0 Å². The van der Waals surface area contributed by atoms with Gasteiger partial charge < -0.3 is 11.1 Å². The van der Waals surface area contributed by atoms with Gasteiger partial charge in [-0.1, -0.05) is 20.8 Å². The molecule has 2 atom stereocenters. The number of hydrogen-bond acceptors (Lipinski definition) is 2. The van der Waals surface area contributed by atoms with Gasteiger partial charge in [0, 0.05) is 12.0 Å². The van der Waals surface area contributed by atoms with E-state index in [1.807, 2.05) is 6.92 Å². The van der Waals surface area contributed by atoms with Gasteiger partial charge in [-0.15, -0.1) is 0 Å². The van der Waals surface area contributed by atoms with Crippen LogP contribution in [0.15, 0.2) is 0 Å². The molecule has 3 heteroatoms.